The molecule has 1 saturated carbocycles. The second kappa shape index (κ2) is 9.42. The number of carbonyl (C=O) groups is 4. The number of nitrogens with one attached hydrogen (secondary N) is 2. The van der Waals surface area contributed by atoms with E-state index >= 15 is 0 Å². The van der Waals surface area contributed by atoms with Crippen molar-refractivity contribution in [2.75, 3.05) is 18.9 Å². The summed E-state index contributed by atoms with van der Waals surface area (Å²) in [5, 5.41) is 14.2. The predicted molar refractivity (Wildman–Crippen MR) is 130 cm³/mol. The van der Waals surface area contributed by atoms with Gasteiger partial charge in [-0.1, -0.05) is 32.0 Å². The minimum atomic E-state index is -5.22. The van der Waals surface area contributed by atoms with Crippen molar-refractivity contribution in [2.24, 2.45) is 5.92 Å². The molecule has 4 amide bonds. The monoisotopic (exact) mass is 569 g/mol. The van der Waals surface area contributed by atoms with E-state index in [1.807, 2.05) is 6.07 Å². The highest BCUT2D eigenvalue weighted by atomic mass is 19.3. The van der Waals surface area contributed by atoms with Crippen LogP contribution < -0.4 is 10.6 Å². The van der Waals surface area contributed by atoms with Gasteiger partial charge in [0.2, 0.25) is 17.7 Å². The first-order valence-electron chi connectivity index (χ1n) is 12.6. The van der Waals surface area contributed by atoms with Crippen molar-refractivity contribution in [3.05, 3.63) is 29.8 Å². The molecule has 14 heteroatoms. The largest absolute Gasteiger partial charge is 0.362 e. The van der Waals surface area contributed by atoms with Crippen LogP contribution in [-0.4, -0.2) is 82.7 Å². The lowest BCUT2D eigenvalue weighted by atomic mass is 9.80. The van der Waals surface area contributed by atoms with Crippen LogP contribution in [0.25, 0.3) is 0 Å². The van der Waals surface area contributed by atoms with Gasteiger partial charge in [-0.2, -0.15) is 22.8 Å². The summed E-state index contributed by atoms with van der Waals surface area (Å²) in [6.07, 6.45) is 0.0764. The Balaban J connectivity index is 1.55. The summed E-state index contributed by atoms with van der Waals surface area (Å²) in [4.78, 5) is 54.1. The van der Waals surface area contributed by atoms with E-state index in [0.29, 0.717) is 11.3 Å². The summed E-state index contributed by atoms with van der Waals surface area (Å²) >= 11 is 0. The molecule has 1 aromatic rings. The van der Waals surface area contributed by atoms with E-state index < -0.39 is 58.8 Å². The van der Waals surface area contributed by atoms with E-state index in [0.717, 1.165) is 11.8 Å². The molecule has 2 fully saturated rings. The predicted octanol–water partition coefficient (Wildman–Crippen LogP) is 2.37. The molecular formula is C26H28F5N5O4. The second-order valence-corrected chi connectivity index (χ2v) is 11.0. The second-order valence-electron chi connectivity index (χ2n) is 11.0. The van der Waals surface area contributed by atoms with E-state index in [-0.39, 0.29) is 31.2 Å². The Hall–Kier alpha value is -3.76. The Morgan fingerprint density at radius 3 is 2.30 bits per heavy atom. The Bertz CT molecular complexity index is 1300. The van der Waals surface area contributed by atoms with Gasteiger partial charge < -0.3 is 20.4 Å². The number of nitrogens with zero attached hydrogens (tertiary/aromatic N) is 3. The Labute approximate surface area is 226 Å². The number of para-hydroxylation sites is 1. The average Bonchev–Trinajstić information content (AvgIpc) is 3.26. The quantitative estimate of drug-likeness (QED) is 0.489. The number of carbonyl (C=O) groups excluding carboxylic acids is 4. The maximum atomic E-state index is 14.1. The molecule has 0 aromatic heterocycles. The maximum Gasteiger partial charge on any atom is 0.362 e. The Morgan fingerprint density at radius 1 is 1.15 bits per heavy atom. The maximum absolute atomic E-state index is 14.1. The van der Waals surface area contributed by atoms with Crippen LogP contribution in [0.15, 0.2) is 24.3 Å². The minimum absolute atomic E-state index is 0.0115. The van der Waals surface area contributed by atoms with Gasteiger partial charge in [0.15, 0.2) is 0 Å². The van der Waals surface area contributed by atoms with Crippen LogP contribution in [0, 0.1) is 17.2 Å². The van der Waals surface area contributed by atoms with Gasteiger partial charge in [-0.15, -0.1) is 0 Å². The molecule has 0 unspecified atom stereocenters. The summed E-state index contributed by atoms with van der Waals surface area (Å²) in [6, 6.07) is 4.92. The van der Waals surface area contributed by atoms with Gasteiger partial charge in [0.05, 0.1) is 11.5 Å². The molecule has 2 N–H and O–H groups in total. The van der Waals surface area contributed by atoms with Crippen molar-refractivity contribution in [3.8, 4) is 6.07 Å². The third-order valence-electron chi connectivity index (χ3n) is 7.94. The van der Waals surface area contributed by atoms with Crippen molar-refractivity contribution < 1.29 is 41.1 Å². The number of likely N-dealkylation sites (N-methyl/N-ethyl adjacent to an activating group) is 1. The summed E-state index contributed by atoms with van der Waals surface area (Å²) in [5.74, 6) is -15.1. The fourth-order valence-electron chi connectivity index (χ4n) is 5.54. The van der Waals surface area contributed by atoms with Gasteiger partial charge in [0, 0.05) is 25.7 Å². The number of anilines is 1. The van der Waals surface area contributed by atoms with E-state index in [1.54, 1.807) is 43.4 Å². The molecule has 1 saturated heterocycles. The van der Waals surface area contributed by atoms with Gasteiger partial charge in [-0.3, -0.25) is 19.2 Å². The van der Waals surface area contributed by atoms with Crippen molar-refractivity contribution >= 4 is 29.3 Å². The number of benzene rings is 1. The molecule has 40 heavy (non-hydrogen) atoms. The van der Waals surface area contributed by atoms with Gasteiger partial charge in [0.1, 0.15) is 18.1 Å². The van der Waals surface area contributed by atoms with Crippen molar-refractivity contribution in [1.29, 1.82) is 5.26 Å². The summed E-state index contributed by atoms with van der Waals surface area (Å²) in [6.45, 7) is 4.34. The lowest BCUT2D eigenvalue weighted by molar-refractivity contribution is -0.147. The van der Waals surface area contributed by atoms with Crippen molar-refractivity contribution in [3.63, 3.8) is 0 Å². The first-order chi connectivity index (χ1) is 18.5. The fourth-order valence-corrected chi connectivity index (χ4v) is 5.54. The number of nitriles is 1. The highest BCUT2D eigenvalue weighted by molar-refractivity contribution is 6.07. The van der Waals surface area contributed by atoms with Crippen LogP contribution in [0.3, 0.4) is 0 Å². The summed E-state index contributed by atoms with van der Waals surface area (Å²) in [5.41, 5.74) is -4.78. The Morgan fingerprint density at radius 2 is 1.75 bits per heavy atom. The first-order valence-corrected chi connectivity index (χ1v) is 12.6. The molecule has 1 spiro atoms. The zero-order chi connectivity index (χ0) is 30.0. The number of amides is 4. The molecule has 0 bridgehead atoms. The zero-order valence-electron chi connectivity index (χ0n) is 22.1. The molecule has 2 heterocycles. The average molecular weight is 570 g/mol. The van der Waals surface area contributed by atoms with Crippen LogP contribution in [0.5, 0.6) is 0 Å². The molecule has 216 valence electrons. The number of rotatable bonds is 7. The van der Waals surface area contributed by atoms with Crippen LogP contribution in [-0.2, 0) is 24.6 Å². The van der Waals surface area contributed by atoms with Gasteiger partial charge in [-0.05, 0) is 30.9 Å². The SMILES string of the molecule is CC(C)C[C@@H](C(=O)N1C[C@]2(C[C@H]1C#N)C(=O)Nc1ccccc12)N(C)C(=O)[C@H](C)NC(=O)C1(F)C(F)(F)C1(F)F. The number of hydrogen-bond donors (Lipinski definition) is 2. The van der Waals surface area contributed by atoms with Gasteiger partial charge >= 0.3 is 17.5 Å². The van der Waals surface area contributed by atoms with Crippen LogP contribution >= 0.6 is 0 Å². The molecule has 0 radical (unpaired) electrons. The first kappa shape index (κ1) is 29.2. The van der Waals surface area contributed by atoms with Gasteiger partial charge in [0.25, 0.3) is 5.91 Å². The van der Waals surface area contributed by atoms with Crippen LogP contribution in [0.4, 0.5) is 27.6 Å². The van der Waals surface area contributed by atoms with E-state index in [4.69, 9.17) is 0 Å². The number of alkyl halides is 5. The van der Waals surface area contributed by atoms with Crippen molar-refractivity contribution in [2.45, 2.75) is 74.7 Å². The third-order valence-corrected chi connectivity index (χ3v) is 7.94. The highest BCUT2D eigenvalue weighted by Gasteiger charge is 3.02. The van der Waals surface area contributed by atoms with Crippen LogP contribution in [0.1, 0.15) is 39.2 Å². The molecule has 9 nitrogen and oxygen atoms in total. The van der Waals surface area contributed by atoms with Crippen LogP contribution in [0.2, 0.25) is 0 Å². The standard InChI is InChI=1S/C26H28F5N5O4/c1-13(2)9-18(35(4)19(37)14(3)33-22(40)24(27)25(28,29)26(24,30)31)20(38)36-12-23(10-15(36)11-32)16-7-5-6-8-17(16)34-21(23)39/h5-8,13-15,18H,9-10,12H2,1-4H3,(H,33,40)(H,34,39)/t14-,15-,18-,23-/m0/s1. The molecule has 1 aliphatic carbocycles. The number of likely N-dealkylation sites (tertiary alicyclic amines) is 1. The minimum Gasteiger partial charge on any atom is -0.341 e. The van der Waals surface area contributed by atoms with E-state index in [9.17, 15) is 46.4 Å². The summed E-state index contributed by atoms with van der Waals surface area (Å²) in [7, 11) is 1.19. The molecule has 2 aliphatic heterocycles. The lowest BCUT2D eigenvalue weighted by Gasteiger charge is -2.34. The topological polar surface area (TPSA) is 123 Å². The molecule has 1 aromatic carbocycles. The molecule has 4 rings (SSSR count). The zero-order valence-corrected chi connectivity index (χ0v) is 22.1. The fraction of sp³-hybridized carbons (Fsp3) is 0.577. The number of fused-ring (bicyclic) bond motifs is 2. The van der Waals surface area contributed by atoms with E-state index in [2.05, 4.69) is 5.32 Å². The molecule has 4 atom stereocenters. The van der Waals surface area contributed by atoms with E-state index in [1.165, 1.54) is 11.9 Å². The smallest absolute Gasteiger partial charge is 0.341 e. The highest BCUT2D eigenvalue weighted by Crippen LogP contribution is 2.68. The molecular weight excluding hydrogens is 541 g/mol. The van der Waals surface area contributed by atoms with Crippen molar-refractivity contribution in [1.82, 2.24) is 15.1 Å². The number of hydrogen-bond acceptors (Lipinski definition) is 5. The normalized spacial score (nSPS) is 26.5. The summed E-state index contributed by atoms with van der Waals surface area (Å²) < 4.78 is 67.3. The third kappa shape index (κ3) is 3.92. The Kier molecular flexibility index (Phi) is 6.88. The number of halogens is 5. The van der Waals surface area contributed by atoms with Gasteiger partial charge in [-0.25, -0.2) is 4.39 Å². The lowest BCUT2D eigenvalue weighted by Crippen LogP contribution is -2.56. The molecule has 3 aliphatic rings.